The van der Waals surface area contributed by atoms with Crippen molar-refractivity contribution in [2.45, 2.75) is 32.9 Å². The molecule has 0 amide bonds. The van der Waals surface area contributed by atoms with Gasteiger partial charge in [-0.3, -0.25) is 4.79 Å². The molecule has 0 radical (unpaired) electrons. The van der Waals surface area contributed by atoms with E-state index in [9.17, 15) is 4.79 Å². The minimum Gasteiger partial charge on any atom is -0.459 e. The minimum absolute atomic E-state index is 0.220. The normalized spacial score (nSPS) is 11.8. The maximum absolute atomic E-state index is 11.8. The van der Waals surface area contributed by atoms with Crippen LogP contribution in [0.15, 0.2) is 34.9 Å². The molecule has 0 fully saturated rings. The average Bonchev–Trinajstić information content (AvgIpc) is 2.57. The summed E-state index contributed by atoms with van der Waals surface area (Å²) >= 11 is 3.43. The van der Waals surface area contributed by atoms with Crippen LogP contribution in [0, 0.1) is 0 Å². The zero-order chi connectivity index (χ0) is 13.3. The fraction of sp³-hybridized carbons (Fsp3) is 0.357. The van der Waals surface area contributed by atoms with E-state index in [0.717, 1.165) is 15.4 Å². The van der Waals surface area contributed by atoms with E-state index in [-0.39, 0.29) is 12.5 Å². The van der Waals surface area contributed by atoms with E-state index < -0.39 is 5.60 Å². The van der Waals surface area contributed by atoms with Gasteiger partial charge in [-0.15, -0.1) is 0 Å². The highest BCUT2D eigenvalue weighted by molar-refractivity contribution is 9.10. The molecule has 2 rings (SSSR count). The van der Waals surface area contributed by atoms with Crippen molar-refractivity contribution in [2.75, 3.05) is 0 Å². The molecule has 4 heteroatoms. The largest absolute Gasteiger partial charge is 0.459 e. The Morgan fingerprint density at radius 2 is 2.06 bits per heavy atom. The summed E-state index contributed by atoms with van der Waals surface area (Å²) in [6.07, 6.45) is 1.90. The molecule has 96 valence electrons. The fourth-order valence-electron chi connectivity index (χ4n) is 1.82. The molecule has 0 aliphatic rings. The van der Waals surface area contributed by atoms with Crippen molar-refractivity contribution in [1.82, 2.24) is 4.57 Å². The number of carbonyl (C=O) groups excluding carboxylic acids is 1. The lowest BCUT2D eigenvalue weighted by Gasteiger charge is -2.19. The van der Waals surface area contributed by atoms with Crippen LogP contribution in [0.1, 0.15) is 20.8 Å². The van der Waals surface area contributed by atoms with E-state index in [0.29, 0.717) is 0 Å². The Balaban J connectivity index is 2.20. The van der Waals surface area contributed by atoms with Gasteiger partial charge in [0.1, 0.15) is 12.1 Å². The van der Waals surface area contributed by atoms with Crippen molar-refractivity contribution in [3.05, 3.63) is 34.9 Å². The van der Waals surface area contributed by atoms with E-state index >= 15 is 0 Å². The van der Waals surface area contributed by atoms with E-state index in [1.807, 2.05) is 55.8 Å². The number of halogens is 1. The van der Waals surface area contributed by atoms with Gasteiger partial charge < -0.3 is 9.30 Å². The molecule has 1 heterocycles. The Hall–Kier alpha value is -1.29. The summed E-state index contributed by atoms with van der Waals surface area (Å²) in [7, 11) is 0. The third kappa shape index (κ3) is 3.13. The Labute approximate surface area is 115 Å². The van der Waals surface area contributed by atoms with Crippen molar-refractivity contribution >= 4 is 32.8 Å². The number of fused-ring (bicyclic) bond motifs is 1. The molecule has 0 saturated carbocycles. The second-order valence-corrected chi connectivity index (χ2v) is 6.15. The molecule has 1 aromatic heterocycles. The van der Waals surface area contributed by atoms with E-state index in [1.54, 1.807) is 0 Å². The SMILES string of the molecule is CC(C)(C)OC(=O)Cn1ccc2cc(Br)ccc21. The van der Waals surface area contributed by atoms with Gasteiger partial charge in [-0.25, -0.2) is 0 Å². The van der Waals surface area contributed by atoms with E-state index in [4.69, 9.17) is 4.74 Å². The number of nitrogens with zero attached hydrogens (tertiary/aromatic N) is 1. The smallest absolute Gasteiger partial charge is 0.326 e. The maximum atomic E-state index is 11.8. The average molecular weight is 310 g/mol. The summed E-state index contributed by atoms with van der Waals surface area (Å²) in [5.41, 5.74) is 0.590. The number of hydrogen-bond donors (Lipinski definition) is 0. The quantitative estimate of drug-likeness (QED) is 0.791. The van der Waals surface area contributed by atoms with Gasteiger partial charge in [-0.1, -0.05) is 15.9 Å². The number of ether oxygens (including phenoxy) is 1. The molecule has 18 heavy (non-hydrogen) atoms. The highest BCUT2D eigenvalue weighted by atomic mass is 79.9. The predicted octanol–water partition coefficient (Wildman–Crippen LogP) is 3.75. The summed E-state index contributed by atoms with van der Waals surface area (Å²) in [6.45, 7) is 5.85. The first-order valence-corrected chi connectivity index (χ1v) is 6.61. The molecule has 1 aromatic carbocycles. The predicted molar refractivity (Wildman–Crippen MR) is 75.5 cm³/mol. The lowest BCUT2D eigenvalue weighted by Crippen LogP contribution is -2.26. The first-order valence-electron chi connectivity index (χ1n) is 5.81. The first-order chi connectivity index (χ1) is 8.35. The van der Waals surface area contributed by atoms with Crippen molar-refractivity contribution in [3.63, 3.8) is 0 Å². The van der Waals surface area contributed by atoms with Gasteiger partial charge in [0, 0.05) is 21.6 Å². The minimum atomic E-state index is -0.441. The van der Waals surface area contributed by atoms with Gasteiger partial charge in [0.15, 0.2) is 0 Å². The summed E-state index contributed by atoms with van der Waals surface area (Å²) in [5.74, 6) is -0.220. The third-order valence-electron chi connectivity index (χ3n) is 2.45. The molecule has 0 spiro atoms. The van der Waals surface area contributed by atoms with Crippen LogP contribution in [0.4, 0.5) is 0 Å². The van der Waals surface area contributed by atoms with E-state index in [2.05, 4.69) is 15.9 Å². The summed E-state index contributed by atoms with van der Waals surface area (Å²) < 4.78 is 8.25. The Morgan fingerprint density at radius 3 is 2.72 bits per heavy atom. The van der Waals surface area contributed by atoms with Gasteiger partial charge in [-0.05, 0) is 45.0 Å². The van der Waals surface area contributed by atoms with Crippen LogP contribution in [-0.2, 0) is 16.1 Å². The number of carbonyl (C=O) groups is 1. The van der Waals surface area contributed by atoms with Crippen LogP contribution in [0.2, 0.25) is 0 Å². The molecular formula is C14H16BrNO2. The molecule has 3 nitrogen and oxygen atoms in total. The van der Waals surface area contributed by atoms with Crippen LogP contribution < -0.4 is 0 Å². The Kier molecular flexibility index (Phi) is 3.48. The summed E-state index contributed by atoms with van der Waals surface area (Å²) in [5, 5.41) is 1.10. The van der Waals surface area contributed by atoms with Gasteiger partial charge in [0.2, 0.25) is 0 Å². The van der Waals surface area contributed by atoms with Gasteiger partial charge in [0.05, 0.1) is 0 Å². The standard InChI is InChI=1S/C14H16BrNO2/c1-14(2,3)18-13(17)9-16-7-6-10-8-11(15)4-5-12(10)16/h4-8H,9H2,1-3H3. The van der Waals surface area contributed by atoms with Crippen molar-refractivity contribution in [2.24, 2.45) is 0 Å². The third-order valence-corrected chi connectivity index (χ3v) is 2.95. The molecule has 0 atom stereocenters. The van der Waals surface area contributed by atoms with Crippen molar-refractivity contribution in [3.8, 4) is 0 Å². The topological polar surface area (TPSA) is 31.2 Å². The number of esters is 1. The van der Waals surface area contributed by atoms with Crippen LogP contribution in [0.25, 0.3) is 10.9 Å². The fourth-order valence-corrected chi connectivity index (χ4v) is 2.20. The Bertz CT molecular complexity index is 581. The zero-order valence-electron chi connectivity index (χ0n) is 10.7. The van der Waals surface area contributed by atoms with Crippen LogP contribution in [0.3, 0.4) is 0 Å². The van der Waals surface area contributed by atoms with Crippen LogP contribution in [-0.4, -0.2) is 16.1 Å². The molecule has 0 bridgehead atoms. The summed E-state index contributed by atoms with van der Waals surface area (Å²) in [4.78, 5) is 11.8. The molecule has 0 saturated heterocycles. The molecule has 0 aliphatic heterocycles. The van der Waals surface area contributed by atoms with Crippen LogP contribution in [0.5, 0.6) is 0 Å². The molecule has 0 unspecified atom stereocenters. The number of aromatic nitrogens is 1. The van der Waals surface area contributed by atoms with Crippen LogP contribution >= 0.6 is 15.9 Å². The lowest BCUT2D eigenvalue weighted by atomic mass is 10.2. The highest BCUT2D eigenvalue weighted by Gasteiger charge is 2.16. The lowest BCUT2D eigenvalue weighted by molar-refractivity contribution is -0.155. The molecule has 0 aliphatic carbocycles. The van der Waals surface area contributed by atoms with Crippen molar-refractivity contribution in [1.29, 1.82) is 0 Å². The van der Waals surface area contributed by atoms with E-state index in [1.165, 1.54) is 0 Å². The maximum Gasteiger partial charge on any atom is 0.326 e. The number of rotatable bonds is 2. The Morgan fingerprint density at radius 1 is 1.33 bits per heavy atom. The molecule has 0 N–H and O–H groups in total. The highest BCUT2D eigenvalue weighted by Crippen LogP contribution is 2.21. The van der Waals surface area contributed by atoms with Gasteiger partial charge >= 0.3 is 5.97 Å². The van der Waals surface area contributed by atoms with Crippen molar-refractivity contribution < 1.29 is 9.53 Å². The number of benzene rings is 1. The number of hydrogen-bond acceptors (Lipinski definition) is 2. The summed E-state index contributed by atoms with van der Waals surface area (Å²) in [6, 6.07) is 7.98. The van der Waals surface area contributed by atoms with Gasteiger partial charge in [-0.2, -0.15) is 0 Å². The molecule has 2 aromatic rings. The van der Waals surface area contributed by atoms with Gasteiger partial charge in [0.25, 0.3) is 0 Å². The monoisotopic (exact) mass is 309 g/mol. The first kappa shape index (κ1) is 13.1. The second-order valence-electron chi connectivity index (χ2n) is 5.23. The zero-order valence-corrected chi connectivity index (χ0v) is 12.3. The molecular weight excluding hydrogens is 294 g/mol. The second kappa shape index (κ2) is 4.76.